The number of phenolic OH excluding ortho intramolecular Hbond substituents is 1. The lowest BCUT2D eigenvalue weighted by Gasteiger charge is -2.11. The molecule has 0 bridgehead atoms. The first-order valence-corrected chi connectivity index (χ1v) is 5.37. The summed E-state index contributed by atoms with van der Waals surface area (Å²) in [5.41, 5.74) is -0.196. The predicted molar refractivity (Wildman–Crippen MR) is 63.9 cm³/mol. The zero-order valence-corrected chi connectivity index (χ0v) is 9.61. The second-order valence-corrected chi connectivity index (χ2v) is 3.97. The van der Waals surface area contributed by atoms with E-state index in [1.54, 1.807) is 12.1 Å². The molecule has 2 nitrogen and oxygen atoms in total. The average molecular weight is 266 g/mol. The van der Waals surface area contributed by atoms with E-state index in [1.807, 2.05) is 0 Å². The Morgan fingerprint density at radius 3 is 2.37 bits per heavy atom. The summed E-state index contributed by atoms with van der Waals surface area (Å²) in [5, 5.41) is 9.39. The number of aldehydes is 1. The predicted octanol–water partition coefficient (Wildman–Crippen LogP) is 3.89. The molecule has 19 heavy (non-hydrogen) atoms. The molecule has 5 heteroatoms. The third kappa shape index (κ3) is 2.76. The van der Waals surface area contributed by atoms with Crippen molar-refractivity contribution in [2.24, 2.45) is 0 Å². The number of phenols is 1. The highest BCUT2D eigenvalue weighted by molar-refractivity contribution is 5.87. The minimum absolute atomic E-state index is 0.148. The Morgan fingerprint density at radius 2 is 1.74 bits per heavy atom. The SMILES string of the molecule is O=Cc1ccccc1-c1cc(O)cc(C(F)(F)F)c1. The fraction of sp³-hybridized carbons (Fsp3) is 0.0714. The van der Waals surface area contributed by atoms with Gasteiger partial charge in [0.15, 0.2) is 6.29 Å². The molecule has 2 rings (SSSR count). The van der Waals surface area contributed by atoms with Crippen molar-refractivity contribution in [3.05, 3.63) is 53.6 Å². The van der Waals surface area contributed by atoms with E-state index >= 15 is 0 Å². The van der Waals surface area contributed by atoms with Crippen molar-refractivity contribution in [3.8, 4) is 16.9 Å². The van der Waals surface area contributed by atoms with Crippen LogP contribution in [0.25, 0.3) is 11.1 Å². The highest BCUT2D eigenvalue weighted by Gasteiger charge is 2.31. The normalized spacial score (nSPS) is 11.3. The second-order valence-electron chi connectivity index (χ2n) is 3.97. The molecule has 0 amide bonds. The lowest BCUT2D eigenvalue weighted by molar-refractivity contribution is -0.137. The summed E-state index contributed by atoms with van der Waals surface area (Å²) < 4.78 is 38.0. The first-order chi connectivity index (χ1) is 8.91. The molecular formula is C14H9F3O2. The molecule has 0 saturated heterocycles. The summed E-state index contributed by atoms with van der Waals surface area (Å²) in [4.78, 5) is 10.9. The van der Waals surface area contributed by atoms with E-state index in [4.69, 9.17) is 0 Å². The zero-order chi connectivity index (χ0) is 14.0. The van der Waals surface area contributed by atoms with E-state index in [9.17, 15) is 23.1 Å². The summed E-state index contributed by atoms with van der Waals surface area (Å²) in [6.45, 7) is 0. The molecule has 0 saturated carbocycles. The lowest BCUT2D eigenvalue weighted by atomic mass is 9.98. The van der Waals surface area contributed by atoms with E-state index in [0.717, 1.165) is 6.07 Å². The number of carbonyl (C=O) groups is 1. The van der Waals surface area contributed by atoms with Gasteiger partial charge in [-0.05, 0) is 29.3 Å². The molecule has 2 aromatic carbocycles. The van der Waals surface area contributed by atoms with Gasteiger partial charge in [-0.2, -0.15) is 13.2 Å². The van der Waals surface area contributed by atoms with Gasteiger partial charge in [0, 0.05) is 5.56 Å². The fourth-order valence-electron chi connectivity index (χ4n) is 1.79. The number of rotatable bonds is 2. The van der Waals surface area contributed by atoms with Gasteiger partial charge in [0.1, 0.15) is 5.75 Å². The number of halogens is 3. The van der Waals surface area contributed by atoms with Crippen LogP contribution in [0.2, 0.25) is 0 Å². The van der Waals surface area contributed by atoms with Crippen LogP contribution >= 0.6 is 0 Å². The molecule has 0 radical (unpaired) electrons. The van der Waals surface area contributed by atoms with Crippen molar-refractivity contribution in [1.29, 1.82) is 0 Å². The molecule has 0 unspecified atom stereocenters. The molecular weight excluding hydrogens is 257 g/mol. The second kappa shape index (κ2) is 4.76. The van der Waals surface area contributed by atoms with Crippen LogP contribution in [0, 0.1) is 0 Å². The summed E-state index contributed by atoms with van der Waals surface area (Å²) in [5.74, 6) is -0.495. The van der Waals surface area contributed by atoms with Crippen LogP contribution in [0.5, 0.6) is 5.75 Å². The van der Waals surface area contributed by atoms with Crippen LogP contribution in [0.4, 0.5) is 13.2 Å². The van der Waals surface area contributed by atoms with Gasteiger partial charge in [-0.15, -0.1) is 0 Å². The molecule has 0 aliphatic carbocycles. The summed E-state index contributed by atoms with van der Waals surface area (Å²) >= 11 is 0. The maximum Gasteiger partial charge on any atom is 0.416 e. The quantitative estimate of drug-likeness (QED) is 0.837. The van der Waals surface area contributed by atoms with Crippen molar-refractivity contribution in [1.82, 2.24) is 0 Å². The maximum atomic E-state index is 12.7. The standard InChI is InChI=1S/C14H9F3O2/c15-14(16,17)11-5-10(6-12(19)7-11)13-4-2-1-3-9(13)8-18/h1-8,19H. The first kappa shape index (κ1) is 13.1. The van der Waals surface area contributed by atoms with Crippen LogP contribution in [-0.2, 0) is 6.18 Å². The van der Waals surface area contributed by atoms with Gasteiger partial charge >= 0.3 is 6.18 Å². The molecule has 0 spiro atoms. The van der Waals surface area contributed by atoms with Crippen LogP contribution < -0.4 is 0 Å². The maximum absolute atomic E-state index is 12.7. The molecule has 0 aliphatic heterocycles. The molecule has 1 N–H and O–H groups in total. The van der Waals surface area contributed by atoms with Crippen LogP contribution in [0.1, 0.15) is 15.9 Å². The molecule has 98 valence electrons. The van der Waals surface area contributed by atoms with Gasteiger partial charge in [0.05, 0.1) is 5.56 Å². The zero-order valence-electron chi connectivity index (χ0n) is 9.61. The number of benzene rings is 2. The molecule has 0 aromatic heterocycles. The van der Waals surface area contributed by atoms with Crippen molar-refractivity contribution in [2.45, 2.75) is 6.18 Å². The van der Waals surface area contributed by atoms with E-state index in [1.165, 1.54) is 18.2 Å². The monoisotopic (exact) mass is 266 g/mol. The Hall–Kier alpha value is -2.30. The summed E-state index contributed by atoms with van der Waals surface area (Å²) in [7, 11) is 0. The van der Waals surface area contributed by atoms with Gasteiger partial charge in [0.25, 0.3) is 0 Å². The van der Waals surface area contributed by atoms with E-state index in [-0.39, 0.29) is 11.1 Å². The van der Waals surface area contributed by atoms with Crippen LogP contribution in [0.15, 0.2) is 42.5 Å². The highest BCUT2D eigenvalue weighted by Crippen LogP contribution is 2.35. The van der Waals surface area contributed by atoms with Gasteiger partial charge in [-0.25, -0.2) is 0 Å². The van der Waals surface area contributed by atoms with Crippen molar-refractivity contribution in [2.75, 3.05) is 0 Å². The van der Waals surface area contributed by atoms with Gasteiger partial charge in [-0.3, -0.25) is 4.79 Å². The fourth-order valence-corrected chi connectivity index (χ4v) is 1.79. The molecule has 0 fully saturated rings. The van der Waals surface area contributed by atoms with E-state index < -0.39 is 17.5 Å². The Labute approximate surface area is 107 Å². The van der Waals surface area contributed by atoms with Crippen molar-refractivity contribution < 1.29 is 23.1 Å². The van der Waals surface area contributed by atoms with E-state index in [2.05, 4.69) is 0 Å². The van der Waals surface area contributed by atoms with Crippen LogP contribution in [0.3, 0.4) is 0 Å². The van der Waals surface area contributed by atoms with Crippen molar-refractivity contribution >= 4 is 6.29 Å². The Bertz CT molecular complexity index is 618. The summed E-state index contributed by atoms with van der Waals surface area (Å²) in [6.07, 6.45) is -3.99. The van der Waals surface area contributed by atoms with Gasteiger partial charge in [-0.1, -0.05) is 24.3 Å². The molecule has 2 aromatic rings. The summed E-state index contributed by atoms with van der Waals surface area (Å²) in [6, 6.07) is 8.99. The number of carbonyl (C=O) groups excluding carboxylic acids is 1. The third-order valence-corrected chi connectivity index (χ3v) is 2.64. The minimum atomic E-state index is -4.55. The Balaban J connectivity index is 2.63. The minimum Gasteiger partial charge on any atom is -0.508 e. The lowest BCUT2D eigenvalue weighted by Crippen LogP contribution is -2.04. The molecule has 0 aliphatic rings. The number of hydrogen-bond donors (Lipinski definition) is 1. The van der Waals surface area contributed by atoms with E-state index in [0.29, 0.717) is 17.9 Å². The molecule has 0 heterocycles. The van der Waals surface area contributed by atoms with Gasteiger partial charge < -0.3 is 5.11 Å². The van der Waals surface area contributed by atoms with Crippen LogP contribution in [-0.4, -0.2) is 11.4 Å². The Morgan fingerprint density at radius 1 is 1.05 bits per heavy atom. The highest BCUT2D eigenvalue weighted by atomic mass is 19.4. The molecule has 0 atom stereocenters. The smallest absolute Gasteiger partial charge is 0.416 e. The van der Waals surface area contributed by atoms with Gasteiger partial charge in [0.2, 0.25) is 0 Å². The number of aromatic hydroxyl groups is 1. The van der Waals surface area contributed by atoms with Crippen molar-refractivity contribution in [3.63, 3.8) is 0 Å². The number of alkyl halides is 3. The topological polar surface area (TPSA) is 37.3 Å². The largest absolute Gasteiger partial charge is 0.508 e. The Kier molecular flexibility index (Phi) is 3.29. The first-order valence-electron chi connectivity index (χ1n) is 5.37. The number of hydrogen-bond acceptors (Lipinski definition) is 2. The third-order valence-electron chi connectivity index (χ3n) is 2.64. The average Bonchev–Trinajstić information content (AvgIpc) is 2.37.